The minimum Gasteiger partial charge on any atom is -0.491 e. The lowest BCUT2D eigenvalue weighted by molar-refractivity contribution is -0.142. The van der Waals surface area contributed by atoms with Crippen LogP contribution in [-0.2, 0) is 37.1 Å². The van der Waals surface area contributed by atoms with Crippen molar-refractivity contribution in [2.24, 2.45) is 0 Å². The number of nitrogens with zero attached hydrogens (tertiary/aromatic N) is 3. The number of ether oxygens (including phenoxy) is 4. The molecular formula is C32H38ClN3O8S. The van der Waals surface area contributed by atoms with Crippen molar-refractivity contribution in [1.29, 1.82) is 5.26 Å². The molecule has 0 amide bonds. The molecular weight excluding hydrogens is 622 g/mol. The van der Waals surface area contributed by atoms with Gasteiger partial charge in [0.05, 0.1) is 22.9 Å². The zero-order chi connectivity index (χ0) is 32.7. The number of benzene rings is 2. The Hall–Kier alpha value is -3.76. The molecule has 0 fully saturated rings. The Balaban J connectivity index is 1.42. The lowest BCUT2D eigenvalue weighted by Gasteiger charge is -2.16. The monoisotopic (exact) mass is 659 g/mol. The quantitative estimate of drug-likeness (QED) is 0.122. The third-order valence-electron chi connectivity index (χ3n) is 6.61. The lowest BCUT2D eigenvalue weighted by Crippen LogP contribution is -2.09. The predicted octanol–water partition coefficient (Wildman–Crippen LogP) is 5.39. The smallest absolute Gasteiger partial charge is 0.329 e. The summed E-state index contributed by atoms with van der Waals surface area (Å²) in [5.74, 6) is 0.161. The number of sulfone groups is 1. The fourth-order valence-electron chi connectivity index (χ4n) is 4.34. The van der Waals surface area contributed by atoms with Crippen LogP contribution in [0.1, 0.15) is 60.9 Å². The third-order valence-corrected chi connectivity index (χ3v) is 7.75. The summed E-state index contributed by atoms with van der Waals surface area (Å²) in [6.07, 6.45) is 6.29. The number of nitriles is 1. The first-order valence-corrected chi connectivity index (χ1v) is 16.8. The van der Waals surface area contributed by atoms with Gasteiger partial charge < -0.3 is 24.1 Å². The first kappa shape index (κ1) is 35.7. The Kier molecular flexibility index (Phi) is 14.5. The van der Waals surface area contributed by atoms with Gasteiger partial charge in [0.2, 0.25) is 15.0 Å². The summed E-state index contributed by atoms with van der Waals surface area (Å²) in [6, 6.07) is 15.1. The number of rotatable bonds is 20. The number of halogens is 1. The molecule has 1 atom stereocenters. The highest BCUT2D eigenvalue weighted by atomic mass is 35.5. The van der Waals surface area contributed by atoms with Crippen molar-refractivity contribution in [1.82, 2.24) is 9.97 Å². The minimum atomic E-state index is -3.50. The van der Waals surface area contributed by atoms with Crippen LogP contribution in [-0.4, -0.2) is 68.8 Å². The van der Waals surface area contributed by atoms with Gasteiger partial charge in [-0.25, -0.2) is 23.2 Å². The summed E-state index contributed by atoms with van der Waals surface area (Å²) in [6.45, 7) is 3.80. The molecule has 0 aliphatic rings. The van der Waals surface area contributed by atoms with E-state index in [0.717, 1.165) is 36.6 Å². The molecule has 1 heterocycles. The molecule has 3 rings (SSSR count). The molecule has 0 saturated carbocycles. The Morgan fingerprint density at radius 3 is 2.42 bits per heavy atom. The van der Waals surface area contributed by atoms with Crippen LogP contribution in [0.15, 0.2) is 53.8 Å². The SMILES string of the molecule is C[C@H](Cc1cc(Cl)c(OCCCCCOCCCOCC(=O)O)c(C#N)c1)c1ccc(OCc2ccnc(S(C)(=O)=O)n2)cc1. The van der Waals surface area contributed by atoms with Crippen molar-refractivity contribution in [3.05, 3.63) is 76.1 Å². The number of carbonyl (C=O) groups is 1. The van der Waals surface area contributed by atoms with Crippen LogP contribution < -0.4 is 9.47 Å². The van der Waals surface area contributed by atoms with E-state index in [1.807, 2.05) is 36.4 Å². The summed E-state index contributed by atoms with van der Waals surface area (Å²) in [4.78, 5) is 18.2. The molecule has 3 aromatic rings. The first-order chi connectivity index (χ1) is 21.6. The normalized spacial score (nSPS) is 12.0. The van der Waals surface area contributed by atoms with Gasteiger partial charge in [-0.3, -0.25) is 0 Å². The Morgan fingerprint density at radius 1 is 1.00 bits per heavy atom. The van der Waals surface area contributed by atoms with Crippen molar-refractivity contribution in [3.63, 3.8) is 0 Å². The van der Waals surface area contributed by atoms with Crippen molar-refractivity contribution < 1.29 is 37.3 Å². The zero-order valence-corrected chi connectivity index (χ0v) is 27.0. The van der Waals surface area contributed by atoms with E-state index in [1.54, 1.807) is 6.07 Å². The Labute approximate surface area is 269 Å². The molecule has 0 radical (unpaired) electrons. The van der Waals surface area contributed by atoms with Gasteiger partial charge in [0.15, 0.2) is 5.75 Å². The van der Waals surface area contributed by atoms with Gasteiger partial charge in [-0.15, -0.1) is 0 Å². The summed E-state index contributed by atoms with van der Waals surface area (Å²) >= 11 is 6.54. The van der Waals surface area contributed by atoms with E-state index in [-0.39, 0.29) is 24.3 Å². The van der Waals surface area contributed by atoms with E-state index < -0.39 is 15.8 Å². The predicted molar refractivity (Wildman–Crippen MR) is 167 cm³/mol. The number of carboxylic acids is 1. The highest BCUT2D eigenvalue weighted by molar-refractivity contribution is 7.90. The van der Waals surface area contributed by atoms with Crippen molar-refractivity contribution in [3.8, 4) is 17.6 Å². The van der Waals surface area contributed by atoms with Crippen molar-refractivity contribution >= 4 is 27.4 Å². The average Bonchev–Trinajstić information content (AvgIpc) is 3.01. The number of carboxylic acid groups (broad SMARTS) is 1. The van der Waals surface area contributed by atoms with Crippen LogP contribution >= 0.6 is 11.6 Å². The molecule has 0 saturated heterocycles. The fraction of sp³-hybridized carbons (Fsp3) is 0.438. The molecule has 0 bridgehead atoms. The Bertz CT molecular complexity index is 1540. The van der Waals surface area contributed by atoms with E-state index in [4.69, 9.17) is 35.7 Å². The lowest BCUT2D eigenvalue weighted by atomic mass is 9.93. The second kappa shape index (κ2) is 18.3. The van der Waals surface area contributed by atoms with Crippen molar-refractivity contribution in [2.45, 2.75) is 56.7 Å². The Morgan fingerprint density at radius 2 is 1.71 bits per heavy atom. The number of hydrogen-bond donors (Lipinski definition) is 1. The minimum absolute atomic E-state index is 0.104. The average molecular weight is 660 g/mol. The molecule has 1 aromatic heterocycles. The molecule has 0 unspecified atom stereocenters. The molecule has 0 spiro atoms. The highest BCUT2D eigenvalue weighted by Gasteiger charge is 2.15. The molecule has 45 heavy (non-hydrogen) atoms. The van der Waals surface area contributed by atoms with E-state index in [9.17, 15) is 18.5 Å². The van der Waals surface area contributed by atoms with Gasteiger partial charge in [0.25, 0.3) is 0 Å². The van der Waals surface area contributed by atoms with E-state index >= 15 is 0 Å². The van der Waals surface area contributed by atoms with Gasteiger partial charge in [0, 0.05) is 32.3 Å². The van der Waals surface area contributed by atoms with Crippen LogP contribution in [0.25, 0.3) is 0 Å². The third kappa shape index (κ3) is 12.6. The summed E-state index contributed by atoms with van der Waals surface area (Å²) in [7, 11) is -3.50. The van der Waals surface area contributed by atoms with Crippen LogP contribution in [0.5, 0.6) is 11.5 Å². The topological polar surface area (TPSA) is 158 Å². The van der Waals surface area contributed by atoms with Gasteiger partial charge in [-0.05, 0) is 79.5 Å². The van der Waals surface area contributed by atoms with Crippen LogP contribution in [0, 0.1) is 11.3 Å². The number of hydrogen-bond acceptors (Lipinski definition) is 10. The second-order valence-corrected chi connectivity index (χ2v) is 12.8. The fourth-order valence-corrected chi connectivity index (χ4v) is 5.17. The molecule has 0 aliphatic heterocycles. The van der Waals surface area contributed by atoms with E-state index in [2.05, 4.69) is 23.0 Å². The van der Waals surface area contributed by atoms with E-state index in [0.29, 0.717) is 67.0 Å². The maximum absolute atomic E-state index is 11.7. The maximum Gasteiger partial charge on any atom is 0.329 e. The number of aliphatic carboxylic acids is 1. The van der Waals surface area contributed by atoms with E-state index in [1.165, 1.54) is 6.20 Å². The van der Waals surface area contributed by atoms with Gasteiger partial charge in [0.1, 0.15) is 25.0 Å². The highest BCUT2D eigenvalue weighted by Crippen LogP contribution is 2.33. The molecule has 242 valence electrons. The summed E-state index contributed by atoms with van der Waals surface area (Å²) in [5, 5.41) is 18.4. The number of aromatic nitrogens is 2. The zero-order valence-electron chi connectivity index (χ0n) is 25.4. The van der Waals surface area contributed by atoms with Crippen LogP contribution in [0.4, 0.5) is 0 Å². The molecule has 1 N–H and O–H groups in total. The van der Waals surface area contributed by atoms with Crippen molar-refractivity contribution in [2.75, 3.05) is 39.3 Å². The molecule has 2 aromatic carbocycles. The molecule has 13 heteroatoms. The number of unbranched alkanes of at least 4 members (excludes halogenated alkanes) is 2. The summed E-state index contributed by atoms with van der Waals surface area (Å²) < 4.78 is 45.5. The molecule has 11 nitrogen and oxygen atoms in total. The molecule has 0 aliphatic carbocycles. The van der Waals surface area contributed by atoms with Gasteiger partial charge >= 0.3 is 5.97 Å². The van der Waals surface area contributed by atoms with Crippen LogP contribution in [0.3, 0.4) is 0 Å². The maximum atomic E-state index is 11.7. The van der Waals surface area contributed by atoms with Crippen LogP contribution in [0.2, 0.25) is 5.02 Å². The first-order valence-electron chi connectivity index (χ1n) is 14.5. The summed E-state index contributed by atoms with van der Waals surface area (Å²) in [5.41, 5.74) is 2.86. The van der Waals surface area contributed by atoms with Gasteiger partial charge in [-0.1, -0.05) is 30.7 Å². The van der Waals surface area contributed by atoms with Gasteiger partial charge in [-0.2, -0.15) is 5.26 Å². The second-order valence-electron chi connectivity index (χ2n) is 10.5. The standard InChI is InChI=1S/C32H38ClN3O8S/c1-23(25-7-9-28(10-8-25)44-21-27-11-12-35-32(36-27)45(2,39)40)17-24-18-26(20-34)31(29(33)19-24)43-16-5-3-4-13-41-14-6-15-42-22-30(37)38/h7-12,18-19,23H,3-6,13-17,21-22H2,1-2H3,(H,37,38)/t23-/m1/s1. The largest absolute Gasteiger partial charge is 0.491 e.